The van der Waals surface area contributed by atoms with Crippen LogP contribution in [0.1, 0.15) is 0 Å². The number of anilines is 1. The van der Waals surface area contributed by atoms with Gasteiger partial charge < -0.3 is 10.2 Å². The second kappa shape index (κ2) is 7.03. The number of hydrogen-bond acceptors (Lipinski definition) is 3. The molecule has 0 atom stereocenters. The first-order chi connectivity index (χ1) is 4.88. The number of rotatable bonds is 2. The lowest BCUT2D eigenvalue weighted by molar-refractivity contribution is 0.416. The van der Waals surface area contributed by atoms with Gasteiger partial charge in [-0.15, -0.1) is 24.8 Å². The van der Waals surface area contributed by atoms with Crippen LogP contribution in [0.4, 0.5) is 5.69 Å². The average Bonchev–Trinajstić information content (AvgIpc) is 2.04. The van der Waals surface area contributed by atoms with E-state index in [9.17, 15) is 0 Å². The highest BCUT2D eigenvalue weighted by atomic mass is 35.5. The Labute approximate surface area is 84.1 Å². The van der Waals surface area contributed by atoms with E-state index in [1.807, 2.05) is 24.3 Å². The van der Waals surface area contributed by atoms with Gasteiger partial charge >= 0.3 is 0 Å². The van der Waals surface area contributed by atoms with Gasteiger partial charge in [-0.1, -0.05) is 12.1 Å². The van der Waals surface area contributed by atoms with Gasteiger partial charge in [0.25, 0.3) is 0 Å². The van der Waals surface area contributed by atoms with Crippen molar-refractivity contribution >= 4 is 30.5 Å². The van der Waals surface area contributed by atoms with Crippen molar-refractivity contribution in [1.29, 1.82) is 0 Å². The lowest BCUT2D eigenvalue weighted by Crippen LogP contribution is -2.07. The lowest BCUT2D eigenvalue weighted by atomic mass is 10.3. The highest BCUT2D eigenvalue weighted by Gasteiger charge is 1.95. The summed E-state index contributed by atoms with van der Waals surface area (Å²) in [6.45, 7) is 0. The Kier molecular flexibility index (Phi) is 8.16. The molecule has 0 aliphatic carbocycles. The third-order valence-electron chi connectivity index (χ3n) is 1.26. The third kappa shape index (κ3) is 3.17. The third-order valence-corrected chi connectivity index (χ3v) is 1.26. The van der Waals surface area contributed by atoms with Gasteiger partial charge in [-0.25, -0.2) is 0 Å². The first-order valence-electron chi connectivity index (χ1n) is 2.98. The molecule has 0 radical (unpaired) electrons. The zero-order valence-electron chi connectivity index (χ0n) is 6.61. The molecule has 0 spiro atoms. The molecular weight excluding hydrogens is 199 g/mol. The molecule has 0 aliphatic heterocycles. The number of halogens is 2. The Bertz CT molecular complexity index is 197. The molecule has 0 fully saturated rings. The number of ether oxygens (including phenoxy) is 1. The lowest BCUT2D eigenvalue weighted by Gasteiger charge is -2.05. The fourth-order valence-electron chi connectivity index (χ4n) is 0.764. The predicted molar refractivity (Wildman–Crippen MR) is 55.3 cm³/mol. The molecule has 0 amide bonds. The summed E-state index contributed by atoms with van der Waals surface area (Å²) in [5.41, 5.74) is 3.32. The van der Waals surface area contributed by atoms with Crippen molar-refractivity contribution in [1.82, 2.24) is 0 Å². The van der Waals surface area contributed by atoms with Crippen LogP contribution in [0.3, 0.4) is 0 Å². The molecule has 1 aromatic rings. The minimum Gasteiger partial charge on any atom is -0.495 e. The quantitative estimate of drug-likeness (QED) is 0.579. The van der Waals surface area contributed by atoms with Crippen LogP contribution in [0.5, 0.6) is 5.75 Å². The molecule has 3 nitrogen and oxygen atoms in total. The normalized spacial score (nSPS) is 7.50. The number of benzene rings is 1. The van der Waals surface area contributed by atoms with Gasteiger partial charge in [-0.2, -0.15) is 0 Å². The number of para-hydroxylation sites is 2. The number of nitrogen functional groups attached to an aromatic ring is 1. The Morgan fingerprint density at radius 2 is 1.83 bits per heavy atom. The minimum absolute atomic E-state index is 0. The van der Waals surface area contributed by atoms with E-state index in [-0.39, 0.29) is 24.8 Å². The summed E-state index contributed by atoms with van der Waals surface area (Å²) in [5.74, 6) is 5.95. The summed E-state index contributed by atoms with van der Waals surface area (Å²) in [4.78, 5) is 0. The van der Waals surface area contributed by atoms with Gasteiger partial charge in [0.2, 0.25) is 0 Å². The molecule has 0 aromatic heterocycles. The van der Waals surface area contributed by atoms with E-state index in [0.717, 1.165) is 11.4 Å². The van der Waals surface area contributed by atoms with Crippen LogP contribution in [0, 0.1) is 0 Å². The topological polar surface area (TPSA) is 47.3 Å². The Hall–Kier alpha value is -0.640. The van der Waals surface area contributed by atoms with Crippen molar-refractivity contribution < 1.29 is 4.74 Å². The summed E-state index contributed by atoms with van der Waals surface area (Å²) >= 11 is 0. The van der Waals surface area contributed by atoms with Crippen molar-refractivity contribution in [3.63, 3.8) is 0 Å². The summed E-state index contributed by atoms with van der Waals surface area (Å²) in [7, 11) is 1.61. The van der Waals surface area contributed by atoms with E-state index in [1.165, 1.54) is 0 Å². The zero-order chi connectivity index (χ0) is 7.40. The van der Waals surface area contributed by atoms with Crippen molar-refractivity contribution in [3.05, 3.63) is 24.3 Å². The van der Waals surface area contributed by atoms with E-state index in [1.54, 1.807) is 7.11 Å². The molecule has 5 heteroatoms. The highest BCUT2D eigenvalue weighted by molar-refractivity contribution is 5.85. The van der Waals surface area contributed by atoms with Gasteiger partial charge in [0.1, 0.15) is 5.75 Å². The van der Waals surface area contributed by atoms with Gasteiger partial charge in [0.05, 0.1) is 12.8 Å². The second-order valence-electron chi connectivity index (χ2n) is 1.84. The van der Waals surface area contributed by atoms with Crippen molar-refractivity contribution in [2.45, 2.75) is 0 Å². The van der Waals surface area contributed by atoms with E-state index < -0.39 is 0 Å². The highest BCUT2D eigenvalue weighted by Crippen LogP contribution is 2.21. The maximum Gasteiger partial charge on any atom is 0.143 e. The number of methoxy groups -OCH3 is 1. The van der Waals surface area contributed by atoms with Gasteiger partial charge in [0, 0.05) is 0 Å². The van der Waals surface area contributed by atoms with Crippen LogP contribution in [0.2, 0.25) is 0 Å². The van der Waals surface area contributed by atoms with E-state index in [2.05, 4.69) is 5.43 Å². The van der Waals surface area contributed by atoms with Crippen LogP contribution in [-0.4, -0.2) is 7.11 Å². The van der Waals surface area contributed by atoms with Crippen LogP contribution < -0.4 is 16.0 Å². The molecule has 0 heterocycles. The number of nitrogens with two attached hydrogens (primary N) is 1. The Morgan fingerprint density at radius 3 is 2.25 bits per heavy atom. The summed E-state index contributed by atoms with van der Waals surface area (Å²) in [6, 6.07) is 7.46. The van der Waals surface area contributed by atoms with Gasteiger partial charge in [-0.05, 0) is 12.1 Å². The fraction of sp³-hybridized carbons (Fsp3) is 0.143. The summed E-state index contributed by atoms with van der Waals surface area (Å²) in [5, 5.41) is 0. The van der Waals surface area contributed by atoms with Crippen LogP contribution in [-0.2, 0) is 0 Å². The maximum atomic E-state index is 5.20. The molecule has 12 heavy (non-hydrogen) atoms. The van der Waals surface area contributed by atoms with Crippen LogP contribution >= 0.6 is 24.8 Å². The molecule has 3 N–H and O–H groups in total. The molecule has 0 saturated carbocycles. The summed E-state index contributed by atoms with van der Waals surface area (Å²) < 4.78 is 4.99. The number of hydrazine groups is 1. The predicted octanol–water partition coefficient (Wildman–Crippen LogP) is 1.82. The Balaban J connectivity index is 0. The largest absolute Gasteiger partial charge is 0.495 e. The van der Waals surface area contributed by atoms with E-state index in [0.29, 0.717) is 0 Å². The SMILES string of the molecule is COc1ccccc1NN.Cl.Cl. The van der Waals surface area contributed by atoms with Crippen LogP contribution in [0.15, 0.2) is 24.3 Å². The smallest absolute Gasteiger partial charge is 0.143 e. The molecule has 70 valence electrons. The van der Waals surface area contributed by atoms with Crippen LogP contribution in [0.25, 0.3) is 0 Å². The first-order valence-corrected chi connectivity index (χ1v) is 2.98. The number of nitrogens with one attached hydrogen (secondary N) is 1. The van der Waals surface area contributed by atoms with E-state index in [4.69, 9.17) is 10.6 Å². The molecule has 0 unspecified atom stereocenters. The average molecular weight is 211 g/mol. The van der Waals surface area contributed by atoms with Gasteiger partial charge in [-0.3, -0.25) is 5.84 Å². The van der Waals surface area contributed by atoms with Crippen molar-refractivity contribution in [2.24, 2.45) is 5.84 Å². The fourth-order valence-corrected chi connectivity index (χ4v) is 0.764. The molecule has 0 saturated heterocycles. The number of hydrogen-bond donors (Lipinski definition) is 2. The molecule has 1 rings (SSSR count). The Morgan fingerprint density at radius 1 is 1.25 bits per heavy atom. The minimum atomic E-state index is 0. The van der Waals surface area contributed by atoms with Gasteiger partial charge in [0.15, 0.2) is 0 Å². The first kappa shape index (κ1) is 13.9. The molecule has 1 aromatic carbocycles. The maximum absolute atomic E-state index is 5.20. The van der Waals surface area contributed by atoms with Crippen molar-refractivity contribution in [2.75, 3.05) is 12.5 Å². The second-order valence-corrected chi connectivity index (χ2v) is 1.84. The standard InChI is InChI=1S/C7H10N2O.2ClH/c1-10-7-5-3-2-4-6(7)9-8;;/h2-5,9H,8H2,1H3;2*1H. The zero-order valence-corrected chi connectivity index (χ0v) is 8.24. The monoisotopic (exact) mass is 210 g/mol. The molecule has 0 aliphatic rings. The molecular formula is C7H12Cl2N2O. The van der Waals surface area contributed by atoms with Crippen molar-refractivity contribution in [3.8, 4) is 5.75 Å². The summed E-state index contributed by atoms with van der Waals surface area (Å²) in [6.07, 6.45) is 0. The molecule has 0 bridgehead atoms. The van der Waals surface area contributed by atoms with E-state index >= 15 is 0 Å².